The van der Waals surface area contributed by atoms with E-state index in [2.05, 4.69) is 15.9 Å². The summed E-state index contributed by atoms with van der Waals surface area (Å²) in [6.07, 6.45) is -0.771. The molecule has 2 nitrogen and oxygen atoms in total. The van der Waals surface area contributed by atoms with E-state index in [1.165, 1.54) is 0 Å². The predicted octanol–water partition coefficient (Wildman–Crippen LogP) is 5.41. The number of hydrogen-bond acceptors (Lipinski definition) is 3. The Kier molecular flexibility index (Phi) is 4.22. The number of aliphatic hydroxyl groups is 1. The van der Waals surface area contributed by atoms with Crippen molar-refractivity contribution in [2.24, 2.45) is 0 Å². The number of ether oxygens (including phenoxy) is 1. The highest BCUT2D eigenvalue weighted by atomic mass is 79.9. The Bertz CT molecular complexity index is 767. The van der Waals surface area contributed by atoms with Crippen molar-refractivity contribution in [3.05, 3.63) is 62.4 Å². The first kappa shape index (κ1) is 14.9. The summed E-state index contributed by atoms with van der Waals surface area (Å²) >= 11 is 11.1. The number of halogens is 2. The van der Waals surface area contributed by atoms with Crippen LogP contribution in [0.25, 0.3) is 10.1 Å². The van der Waals surface area contributed by atoms with E-state index in [0.717, 1.165) is 19.4 Å². The third-order valence-corrected chi connectivity index (χ3v) is 5.23. The van der Waals surface area contributed by atoms with E-state index in [4.69, 9.17) is 16.3 Å². The second-order valence-electron chi connectivity index (χ2n) is 4.60. The van der Waals surface area contributed by atoms with E-state index in [9.17, 15) is 5.11 Å². The molecule has 0 bridgehead atoms. The minimum atomic E-state index is -0.771. The van der Waals surface area contributed by atoms with Crippen molar-refractivity contribution in [2.45, 2.75) is 6.10 Å². The maximum Gasteiger partial charge on any atom is 0.139 e. The highest BCUT2D eigenvalue weighted by molar-refractivity contribution is 9.10. The molecule has 0 saturated carbocycles. The SMILES string of the molecule is COc1c(Br)cc(Cl)cc1C(O)c1cc2ccccc2s1. The third kappa shape index (κ3) is 2.81. The molecular weight excluding hydrogens is 372 g/mol. The lowest BCUT2D eigenvalue weighted by Gasteiger charge is -2.15. The van der Waals surface area contributed by atoms with Gasteiger partial charge in [-0.25, -0.2) is 0 Å². The van der Waals surface area contributed by atoms with Gasteiger partial charge < -0.3 is 9.84 Å². The lowest BCUT2D eigenvalue weighted by atomic mass is 10.1. The smallest absolute Gasteiger partial charge is 0.139 e. The first-order valence-electron chi connectivity index (χ1n) is 6.29. The third-order valence-electron chi connectivity index (χ3n) is 3.25. The number of hydrogen-bond donors (Lipinski definition) is 1. The average Bonchev–Trinajstić information content (AvgIpc) is 2.89. The van der Waals surface area contributed by atoms with Gasteiger partial charge in [0.05, 0.1) is 11.6 Å². The molecule has 1 atom stereocenters. The molecule has 108 valence electrons. The number of fused-ring (bicyclic) bond motifs is 1. The quantitative estimate of drug-likeness (QED) is 0.655. The summed E-state index contributed by atoms with van der Waals surface area (Å²) in [6.45, 7) is 0. The molecule has 1 N–H and O–H groups in total. The molecule has 0 aliphatic heterocycles. The normalized spacial score (nSPS) is 12.6. The number of benzene rings is 2. The van der Waals surface area contributed by atoms with E-state index < -0.39 is 6.10 Å². The summed E-state index contributed by atoms with van der Waals surface area (Å²) in [6, 6.07) is 13.5. The molecule has 1 unspecified atom stereocenters. The van der Waals surface area contributed by atoms with Crippen LogP contribution in [0.4, 0.5) is 0 Å². The van der Waals surface area contributed by atoms with Crippen molar-refractivity contribution in [3.63, 3.8) is 0 Å². The largest absolute Gasteiger partial charge is 0.495 e. The van der Waals surface area contributed by atoms with Crippen LogP contribution in [0, 0.1) is 0 Å². The number of thiophene rings is 1. The van der Waals surface area contributed by atoms with E-state index in [1.807, 2.05) is 30.3 Å². The molecule has 0 radical (unpaired) electrons. The van der Waals surface area contributed by atoms with Crippen LogP contribution >= 0.6 is 38.9 Å². The fraction of sp³-hybridized carbons (Fsp3) is 0.125. The Morgan fingerprint density at radius 1 is 1.24 bits per heavy atom. The van der Waals surface area contributed by atoms with Crippen LogP contribution in [-0.2, 0) is 0 Å². The summed E-state index contributed by atoms with van der Waals surface area (Å²) in [7, 11) is 1.58. The van der Waals surface area contributed by atoms with Gasteiger partial charge in [0.2, 0.25) is 0 Å². The topological polar surface area (TPSA) is 29.5 Å². The van der Waals surface area contributed by atoms with Crippen LogP contribution in [0.15, 0.2) is 46.9 Å². The molecule has 3 rings (SSSR count). The summed E-state index contributed by atoms with van der Waals surface area (Å²) in [4.78, 5) is 0.865. The molecule has 3 aromatic rings. The monoisotopic (exact) mass is 382 g/mol. The molecule has 0 aliphatic carbocycles. The molecule has 21 heavy (non-hydrogen) atoms. The Balaban J connectivity index is 2.11. The van der Waals surface area contributed by atoms with Crippen molar-refractivity contribution >= 4 is 49.0 Å². The van der Waals surface area contributed by atoms with Crippen LogP contribution < -0.4 is 4.74 Å². The molecule has 0 aliphatic rings. The zero-order chi connectivity index (χ0) is 15.0. The number of aliphatic hydroxyl groups excluding tert-OH is 1. The first-order chi connectivity index (χ1) is 10.1. The van der Waals surface area contributed by atoms with Gasteiger partial charge in [-0.1, -0.05) is 29.8 Å². The van der Waals surface area contributed by atoms with Gasteiger partial charge in [0.1, 0.15) is 11.9 Å². The summed E-state index contributed by atoms with van der Waals surface area (Å²) in [5.41, 5.74) is 0.656. The van der Waals surface area contributed by atoms with Crippen molar-refractivity contribution < 1.29 is 9.84 Å². The number of rotatable bonds is 3. The van der Waals surface area contributed by atoms with Crippen LogP contribution in [-0.4, -0.2) is 12.2 Å². The van der Waals surface area contributed by atoms with Gasteiger partial charge in [-0.3, -0.25) is 0 Å². The molecule has 0 saturated heterocycles. The van der Waals surface area contributed by atoms with Gasteiger partial charge in [-0.15, -0.1) is 11.3 Å². The molecule has 0 amide bonds. The van der Waals surface area contributed by atoms with E-state index in [0.29, 0.717) is 16.3 Å². The second kappa shape index (κ2) is 5.97. The van der Waals surface area contributed by atoms with E-state index >= 15 is 0 Å². The maximum absolute atomic E-state index is 10.7. The molecule has 0 spiro atoms. The lowest BCUT2D eigenvalue weighted by Crippen LogP contribution is -2.01. The highest BCUT2D eigenvalue weighted by Gasteiger charge is 2.20. The van der Waals surface area contributed by atoms with Crippen LogP contribution in [0.5, 0.6) is 5.75 Å². The van der Waals surface area contributed by atoms with Crippen molar-refractivity contribution in [1.29, 1.82) is 0 Å². The highest BCUT2D eigenvalue weighted by Crippen LogP contribution is 2.41. The molecule has 1 heterocycles. The lowest BCUT2D eigenvalue weighted by molar-refractivity contribution is 0.218. The van der Waals surface area contributed by atoms with Gasteiger partial charge in [0.15, 0.2) is 0 Å². The minimum absolute atomic E-state index is 0.554. The van der Waals surface area contributed by atoms with Gasteiger partial charge in [-0.05, 0) is 45.6 Å². The van der Waals surface area contributed by atoms with Crippen molar-refractivity contribution in [1.82, 2.24) is 0 Å². The summed E-state index contributed by atoms with van der Waals surface area (Å²) in [5, 5.41) is 12.4. The molecule has 1 aromatic heterocycles. The molecule has 2 aromatic carbocycles. The predicted molar refractivity (Wildman–Crippen MR) is 91.6 cm³/mol. The molecule has 5 heteroatoms. The zero-order valence-corrected chi connectivity index (χ0v) is 14.3. The Hall–Kier alpha value is -1.07. The standard InChI is InChI=1S/C16H12BrClO2S/c1-20-16-11(7-10(18)8-12(16)17)15(19)14-6-9-4-2-3-5-13(9)21-14/h2-8,15,19H,1H3. The van der Waals surface area contributed by atoms with E-state index in [-0.39, 0.29) is 0 Å². The fourth-order valence-electron chi connectivity index (χ4n) is 2.29. The Labute approximate surface area is 140 Å². The summed E-state index contributed by atoms with van der Waals surface area (Å²) in [5.74, 6) is 0.601. The fourth-order valence-corrected chi connectivity index (χ4v) is 4.35. The maximum atomic E-state index is 10.7. The summed E-state index contributed by atoms with van der Waals surface area (Å²) < 4.78 is 7.26. The first-order valence-corrected chi connectivity index (χ1v) is 8.28. The van der Waals surface area contributed by atoms with Gasteiger partial charge >= 0.3 is 0 Å². The molecule has 0 fully saturated rings. The second-order valence-corrected chi connectivity index (χ2v) is 7.01. The zero-order valence-electron chi connectivity index (χ0n) is 11.1. The number of methoxy groups -OCH3 is 1. The van der Waals surface area contributed by atoms with E-state index in [1.54, 1.807) is 30.6 Å². The van der Waals surface area contributed by atoms with Crippen LogP contribution in [0.3, 0.4) is 0 Å². The molecular formula is C16H12BrClO2S. The average molecular weight is 384 g/mol. The Morgan fingerprint density at radius 3 is 2.71 bits per heavy atom. The van der Waals surface area contributed by atoms with Crippen LogP contribution in [0.2, 0.25) is 5.02 Å². The van der Waals surface area contributed by atoms with Gasteiger partial charge in [0.25, 0.3) is 0 Å². The van der Waals surface area contributed by atoms with Gasteiger partial charge in [-0.2, -0.15) is 0 Å². The Morgan fingerprint density at radius 2 is 2.00 bits per heavy atom. The van der Waals surface area contributed by atoms with Crippen molar-refractivity contribution in [2.75, 3.05) is 7.11 Å². The van der Waals surface area contributed by atoms with Crippen LogP contribution in [0.1, 0.15) is 16.5 Å². The van der Waals surface area contributed by atoms with Crippen molar-refractivity contribution in [3.8, 4) is 5.75 Å². The van der Waals surface area contributed by atoms with Gasteiger partial charge in [0, 0.05) is 20.2 Å². The minimum Gasteiger partial charge on any atom is -0.495 e.